The topological polar surface area (TPSA) is 80.1 Å². The second-order valence-corrected chi connectivity index (χ2v) is 7.94. The lowest BCUT2D eigenvalue weighted by atomic mass is 9.88. The van der Waals surface area contributed by atoms with Gasteiger partial charge in [-0.15, -0.1) is 5.10 Å². The smallest absolute Gasteiger partial charge is 0.434 e. The summed E-state index contributed by atoms with van der Waals surface area (Å²) in [4.78, 5) is 12.3. The van der Waals surface area contributed by atoms with Crippen LogP contribution in [0.5, 0.6) is 5.75 Å². The van der Waals surface area contributed by atoms with Crippen molar-refractivity contribution >= 4 is 23.5 Å². The zero-order valence-corrected chi connectivity index (χ0v) is 18.0. The molecule has 3 rings (SSSR count). The predicted octanol–water partition coefficient (Wildman–Crippen LogP) is 4.92. The number of methoxy groups -OCH3 is 1. The molecule has 0 spiro atoms. The molecule has 0 amide bonds. The van der Waals surface area contributed by atoms with Crippen molar-refractivity contribution in [3.8, 4) is 5.75 Å². The molecule has 1 unspecified atom stereocenters. The van der Waals surface area contributed by atoms with Crippen LogP contribution in [0.3, 0.4) is 0 Å². The van der Waals surface area contributed by atoms with Crippen molar-refractivity contribution in [1.82, 2.24) is 14.9 Å². The summed E-state index contributed by atoms with van der Waals surface area (Å²) < 4.78 is 27.8. The Morgan fingerprint density at radius 3 is 2.69 bits per heavy atom. The van der Waals surface area contributed by atoms with Crippen LogP contribution >= 0.6 is 23.5 Å². The van der Waals surface area contributed by atoms with Gasteiger partial charge < -0.3 is 9.15 Å². The van der Waals surface area contributed by atoms with Gasteiger partial charge >= 0.3 is 5.76 Å². The number of nitrogens with zero attached hydrogens (tertiary/aromatic N) is 1. The van der Waals surface area contributed by atoms with Crippen LogP contribution in [0.4, 0.5) is 4.39 Å². The van der Waals surface area contributed by atoms with Gasteiger partial charge in [0.1, 0.15) is 17.6 Å². The van der Waals surface area contributed by atoms with Crippen LogP contribution in [-0.4, -0.2) is 17.3 Å². The molecule has 0 bridgehead atoms. The van der Waals surface area contributed by atoms with E-state index < -0.39 is 11.8 Å². The number of aromatic nitrogens is 2. The first kappa shape index (κ1) is 21.4. The predicted molar refractivity (Wildman–Crippen MR) is 111 cm³/mol. The zero-order valence-electron chi connectivity index (χ0n) is 16.4. The van der Waals surface area contributed by atoms with E-state index in [0.717, 1.165) is 16.0 Å². The Bertz CT molecular complexity index is 1070. The van der Waals surface area contributed by atoms with Gasteiger partial charge in [-0.3, -0.25) is 0 Å². The van der Waals surface area contributed by atoms with Crippen molar-refractivity contribution in [1.29, 1.82) is 0 Å². The molecule has 0 aliphatic heterocycles. The van der Waals surface area contributed by atoms with Crippen molar-refractivity contribution in [2.45, 2.75) is 37.6 Å². The van der Waals surface area contributed by atoms with E-state index in [1.165, 1.54) is 18.0 Å². The number of hydrogen-bond acceptors (Lipinski definition) is 6. The molecule has 6 nitrogen and oxygen atoms in total. The molecule has 29 heavy (non-hydrogen) atoms. The Morgan fingerprint density at radius 1 is 1.28 bits per heavy atom. The van der Waals surface area contributed by atoms with Crippen LogP contribution in [0.2, 0.25) is 5.02 Å². The van der Waals surface area contributed by atoms with Gasteiger partial charge in [0, 0.05) is 10.9 Å². The lowest BCUT2D eigenvalue weighted by Crippen LogP contribution is -2.22. The van der Waals surface area contributed by atoms with Gasteiger partial charge in [-0.05, 0) is 66.8 Å². The van der Waals surface area contributed by atoms with Crippen LogP contribution in [0.25, 0.3) is 0 Å². The molecular weight excluding hydrogens is 417 g/mol. The normalized spacial score (nSPS) is 13.3. The molecule has 1 aromatic heterocycles. The second kappa shape index (κ2) is 9.02. The molecule has 0 fully saturated rings. The highest BCUT2D eigenvalue weighted by Crippen LogP contribution is 2.37. The van der Waals surface area contributed by atoms with E-state index in [-0.39, 0.29) is 17.6 Å². The van der Waals surface area contributed by atoms with E-state index in [9.17, 15) is 9.18 Å². The van der Waals surface area contributed by atoms with E-state index >= 15 is 0 Å². The summed E-state index contributed by atoms with van der Waals surface area (Å²) in [6, 6.07) is 8.02. The third kappa shape index (κ3) is 4.66. The van der Waals surface area contributed by atoms with E-state index in [2.05, 4.69) is 14.9 Å². The minimum atomic E-state index is -0.639. The number of hydrogen-bond donors (Lipinski definition) is 2. The molecule has 154 valence electrons. The number of nitrogens with one attached hydrogen (secondary N) is 2. The minimum Gasteiger partial charge on any atom is -0.495 e. The molecule has 1 heterocycles. The largest absolute Gasteiger partial charge is 0.495 e. The van der Waals surface area contributed by atoms with Crippen LogP contribution in [0.1, 0.15) is 41.5 Å². The maximum Gasteiger partial charge on any atom is 0.434 e. The molecule has 2 atom stereocenters. The van der Waals surface area contributed by atoms with Crippen molar-refractivity contribution in [3.63, 3.8) is 0 Å². The summed E-state index contributed by atoms with van der Waals surface area (Å²) >= 11 is 7.33. The van der Waals surface area contributed by atoms with Crippen molar-refractivity contribution in [2.75, 3.05) is 7.11 Å². The molecule has 0 saturated carbocycles. The first-order valence-electron chi connectivity index (χ1n) is 8.88. The Labute approximate surface area is 176 Å². The highest BCUT2D eigenvalue weighted by molar-refractivity contribution is 7.97. The van der Waals surface area contributed by atoms with E-state index in [4.69, 9.17) is 20.8 Å². The quantitative estimate of drug-likeness (QED) is 0.510. The average molecular weight is 438 g/mol. The molecule has 0 radical (unpaired) electrons. The Kier molecular flexibility index (Phi) is 6.66. The minimum absolute atomic E-state index is 0.174. The first-order valence-corrected chi connectivity index (χ1v) is 10.1. The number of benzene rings is 2. The van der Waals surface area contributed by atoms with Crippen LogP contribution in [-0.2, 0) is 0 Å². The first-order chi connectivity index (χ1) is 13.8. The summed E-state index contributed by atoms with van der Waals surface area (Å²) in [5.41, 5.74) is 2.36. The SMILES string of the molecule is COc1cc(Cl)ccc1SN[C@H](c1n[nH]c(=O)o1)C(C)c1ccc(F)c(C)c1C. The third-order valence-electron chi connectivity index (χ3n) is 4.90. The Balaban J connectivity index is 1.94. The molecular formula is C20H21ClFN3O3S. The van der Waals surface area contributed by atoms with Crippen molar-refractivity contribution in [3.05, 3.63) is 74.3 Å². The maximum atomic E-state index is 13.9. The highest BCUT2D eigenvalue weighted by atomic mass is 35.5. The number of ether oxygens (including phenoxy) is 1. The van der Waals surface area contributed by atoms with Gasteiger partial charge in [0.05, 0.1) is 12.0 Å². The molecule has 2 aromatic carbocycles. The van der Waals surface area contributed by atoms with Crippen molar-refractivity contribution < 1.29 is 13.5 Å². The monoisotopic (exact) mass is 437 g/mol. The van der Waals surface area contributed by atoms with Crippen LogP contribution in [0, 0.1) is 19.7 Å². The van der Waals surface area contributed by atoms with Gasteiger partial charge in [0.2, 0.25) is 5.89 Å². The maximum absolute atomic E-state index is 13.9. The number of halogens is 2. The lowest BCUT2D eigenvalue weighted by Gasteiger charge is -2.24. The Morgan fingerprint density at radius 2 is 2.03 bits per heavy atom. The molecule has 0 aliphatic carbocycles. The van der Waals surface area contributed by atoms with E-state index in [1.54, 1.807) is 32.2 Å². The van der Waals surface area contributed by atoms with Crippen LogP contribution in [0.15, 0.2) is 44.4 Å². The fourth-order valence-electron chi connectivity index (χ4n) is 3.07. The van der Waals surface area contributed by atoms with Gasteiger partial charge in [0.25, 0.3) is 0 Å². The fourth-order valence-corrected chi connectivity index (χ4v) is 4.17. The summed E-state index contributed by atoms with van der Waals surface area (Å²) in [6.07, 6.45) is 0. The second-order valence-electron chi connectivity index (χ2n) is 6.62. The lowest BCUT2D eigenvalue weighted by molar-refractivity contribution is 0.387. The summed E-state index contributed by atoms with van der Waals surface area (Å²) in [7, 11) is 1.56. The number of aromatic amines is 1. The average Bonchev–Trinajstić information content (AvgIpc) is 3.13. The highest BCUT2D eigenvalue weighted by Gasteiger charge is 2.28. The number of rotatable bonds is 7. The van der Waals surface area contributed by atoms with Crippen molar-refractivity contribution in [2.24, 2.45) is 0 Å². The van der Waals surface area contributed by atoms with Gasteiger partial charge in [-0.2, -0.15) is 0 Å². The van der Waals surface area contributed by atoms with E-state index in [0.29, 0.717) is 16.3 Å². The summed E-state index contributed by atoms with van der Waals surface area (Å²) in [5.74, 6) is -0.246. The van der Waals surface area contributed by atoms with Gasteiger partial charge in [-0.25, -0.2) is 19.0 Å². The molecule has 9 heteroatoms. The van der Waals surface area contributed by atoms with Gasteiger partial charge in [-0.1, -0.05) is 24.6 Å². The van der Waals surface area contributed by atoms with Crippen LogP contribution < -0.4 is 15.2 Å². The summed E-state index contributed by atoms with van der Waals surface area (Å²) in [5, 5.41) is 6.85. The fraction of sp³-hybridized carbons (Fsp3) is 0.300. The molecule has 0 saturated heterocycles. The molecule has 0 aliphatic rings. The van der Waals surface area contributed by atoms with E-state index in [1.807, 2.05) is 19.9 Å². The zero-order chi connectivity index (χ0) is 21.1. The standard InChI is InChI=1S/C20H21ClFN3O3S/c1-10-11(2)15(22)7-6-14(10)12(3)18(19-23-24-20(26)28-19)25-29-17-8-5-13(21)9-16(17)27-4/h5-9,12,18,25H,1-4H3,(H,24,26)/t12?,18-/m0/s1. The molecule has 2 N–H and O–H groups in total. The summed E-state index contributed by atoms with van der Waals surface area (Å²) in [6.45, 7) is 5.58. The van der Waals surface area contributed by atoms with Gasteiger partial charge in [0.15, 0.2) is 0 Å². The molecule has 3 aromatic rings. The number of H-pyrrole nitrogens is 1. The third-order valence-corrected chi connectivity index (χ3v) is 6.06. The Hall–Kier alpha value is -2.29.